The van der Waals surface area contributed by atoms with E-state index in [4.69, 9.17) is 15.0 Å². The van der Waals surface area contributed by atoms with Gasteiger partial charge in [-0.3, -0.25) is 0 Å². The Hall–Kier alpha value is -2.17. The van der Waals surface area contributed by atoms with E-state index < -0.39 is 0 Å². The Morgan fingerprint density at radius 1 is 1.40 bits per heavy atom. The third-order valence-electron chi connectivity index (χ3n) is 1.90. The van der Waals surface area contributed by atoms with E-state index in [2.05, 4.69) is 5.16 Å². The van der Waals surface area contributed by atoms with Crippen molar-refractivity contribution in [3.8, 4) is 11.5 Å². The number of nitrogen functional groups attached to an aromatic ring is 1. The first kappa shape index (κ1) is 9.39. The zero-order valence-electron chi connectivity index (χ0n) is 7.88. The molecule has 2 aromatic rings. The Bertz CT molecular complexity index is 453. The molecule has 1 aromatic heterocycles. The summed E-state index contributed by atoms with van der Waals surface area (Å²) in [5, 5.41) is 12.9. The fourth-order valence-corrected chi connectivity index (χ4v) is 1.10. The predicted molar refractivity (Wildman–Crippen MR) is 53.4 cm³/mol. The lowest BCUT2D eigenvalue weighted by atomic mass is 10.3. The number of para-hydroxylation sites is 2. The van der Waals surface area contributed by atoms with E-state index in [-0.39, 0.29) is 12.4 Å². The molecule has 5 heteroatoms. The minimum absolute atomic E-state index is 0.0792. The van der Waals surface area contributed by atoms with Gasteiger partial charge in [0.1, 0.15) is 0 Å². The number of hydrogen-bond donors (Lipinski definition) is 2. The van der Waals surface area contributed by atoms with Gasteiger partial charge in [-0.15, -0.1) is 0 Å². The maximum atomic E-state index is 9.41. The predicted octanol–water partition coefficient (Wildman–Crippen LogP) is 1.54. The number of ether oxygens (including phenoxy) is 1. The monoisotopic (exact) mass is 206 g/mol. The summed E-state index contributed by atoms with van der Waals surface area (Å²) in [6.45, 7) is 0.142. The maximum absolute atomic E-state index is 9.41. The second-order valence-corrected chi connectivity index (χ2v) is 2.96. The highest BCUT2D eigenvalue weighted by molar-refractivity contribution is 5.40. The third kappa shape index (κ3) is 2.01. The van der Waals surface area contributed by atoms with Crippen molar-refractivity contribution in [1.29, 1.82) is 0 Å². The molecule has 1 heterocycles. The highest BCUT2D eigenvalue weighted by Gasteiger charge is 2.07. The number of benzene rings is 1. The van der Waals surface area contributed by atoms with E-state index in [0.29, 0.717) is 17.2 Å². The van der Waals surface area contributed by atoms with Crippen molar-refractivity contribution in [2.45, 2.75) is 6.61 Å². The lowest BCUT2D eigenvalue weighted by Gasteiger charge is -2.05. The van der Waals surface area contributed by atoms with Crippen LogP contribution in [0.2, 0.25) is 0 Å². The number of nitrogens with two attached hydrogens (primary N) is 1. The molecular formula is C10H10N2O3. The molecule has 0 saturated heterocycles. The van der Waals surface area contributed by atoms with Crippen molar-refractivity contribution in [1.82, 2.24) is 5.16 Å². The molecule has 0 unspecified atom stereocenters. The molecule has 0 atom stereocenters. The van der Waals surface area contributed by atoms with Crippen LogP contribution in [-0.2, 0) is 6.61 Å². The van der Waals surface area contributed by atoms with Crippen LogP contribution < -0.4 is 10.5 Å². The lowest BCUT2D eigenvalue weighted by molar-refractivity contribution is 0.241. The summed E-state index contributed by atoms with van der Waals surface area (Å²) in [5.74, 6) is 0.905. The maximum Gasteiger partial charge on any atom is 0.196 e. The second kappa shape index (κ2) is 3.91. The summed E-state index contributed by atoms with van der Waals surface area (Å²) in [7, 11) is 0. The number of rotatable bonds is 3. The number of phenolic OH excluding ortho intramolecular Hbond substituents is 1. The van der Waals surface area contributed by atoms with E-state index in [0.717, 1.165) is 0 Å². The molecule has 0 aliphatic carbocycles. The highest BCUT2D eigenvalue weighted by atomic mass is 16.5. The van der Waals surface area contributed by atoms with Gasteiger partial charge < -0.3 is 20.1 Å². The second-order valence-electron chi connectivity index (χ2n) is 2.96. The first-order valence-electron chi connectivity index (χ1n) is 4.37. The number of phenols is 1. The standard InChI is InChI=1S/C10H10N2O3/c11-7-5-12-15-10(7)6-14-9-4-2-1-3-8(9)13/h1-5,13H,6,11H2. The van der Waals surface area contributed by atoms with Crippen molar-refractivity contribution in [3.05, 3.63) is 36.2 Å². The van der Waals surface area contributed by atoms with E-state index in [9.17, 15) is 5.11 Å². The SMILES string of the molecule is Nc1cnoc1COc1ccccc1O. The smallest absolute Gasteiger partial charge is 0.196 e. The van der Waals surface area contributed by atoms with E-state index in [1.807, 2.05) is 0 Å². The number of aromatic hydroxyl groups is 1. The Morgan fingerprint density at radius 2 is 2.20 bits per heavy atom. The summed E-state index contributed by atoms with van der Waals surface area (Å²) in [6, 6.07) is 6.67. The third-order valence-corrected chi connectivity index (χ3v) is 1.90. The number of aromatic nitrogens is 1. The van der Waals surface area contributed by atoms with Crippen molar-refractivity contribution >= 4 is 5.69 Å². The van der Waals surface area contributed by atoms with Crippen LogP contribution in [0.3, 0.4) is 0 Å². The molecule has 0 radical (unpaired) electrons. The van der Waals surface area contributed by atoms with Gasteiger partial charge >= 0.3 is 0 Å². The van der Waals surface area contributed by atoms with Gasteiger partial charge in [-0.2, -0.15) is 0 Å². The Balaban J connectivity index is 2.06. The molecule has 0 aliphatic heterocycles. The summed E-state index contributed by atoms with van der Waals surface area (Å²) in [4.78, 5) is 0. The average molecular weight is 206 g/mol. The van der Waals surface area contributed by atoms with Crippen molar-refractivity contribution in [3.63, 3.8) is 0 Å². The van der Waals surface area contributed by atoms with Gasteiger partial charge in [0.2, 0.25) is 0 Å². The molecule has 0 amide bonds. The molecular weight excluding hydrogens is 196 g/mol. The van der Waals surface area contributed by atoms with Gasteiger partial charge in [0, 0.05) is 0 Å². The van der Waals surface area contributed by atoms with E-state index >= 15 is 0 Å². The van der Waals surface area contributed by atoms with Gasteiger partial charge in [0.15, 0.2) is 23.9 Å². The summed E-state index contributed by atoms with van der Waals surface area (Å²) >= 11 is 0. The molecule has 2 rings (SSSR count). The Kier molecular flexibility index (Phi) is 2.45. The summed E-state index contributed by atoms with van der Waals surface area (Å²) in [5.41, 5.74) is 5.98. The molecule has 1 aromatic carbocycles. The van der Waals surface area contributed by atoms with Crippen LogP contribution in [0.4, 0.5) is 5.69 Å². The van der Waals surface area contributed by atoms with E-state index in [1.165, 1.54) is 6.20 Å². The largest absolute Gasteiger partial charge is 0.504 e. The zero-order chi connectivity index (χ0) is 10.7. The Morgan fingerprint density at radius 3 is 2.87 bits per heavy atom. The summed E-state index contributed by atoms with van der Waals surface area (Å²) < 4.78 is 10.1. The first-order valence-corrected chi connectivity index (χ1v) is 4.37. The van der Waals surface area contributed by atoms with E-state index in [1.54, 1.807) is 24.3 Å². The van der Waals surface area contributed by atoms with Crippen LogP contribution in [0.15, 0.2) is 35.0 Å². The van der Waals surface area contributed by atoms with Gasteiger partial charge in [0.25, 0.3) is 0 Å². The quantitative estimate of drug-likeness (QED) is 0.796. The summed E-state index contributed by atoms with van der Waals surface area (Å²) in [6.07, 6.45) is 1.41. The van der Waals surface area contributed by atoms with Gasteiger partial charge in [-0.25, -0.2) is 0 Å². The molecule has 3 N–H and O–H groups in total. The number of anilines is 1. The number of nitrogens with zero attached hydrogens (tertiary/aromatic N) is 1. The lowest BCUT2D eigenvalue weighted by Crippen LogP contribution is -1.97. The van der Waals surface area contributed by atoms with Crippen molar-refractivity contribution in [2.75, 3.05) is 5.73 Å². The number of hydrogen-bond acceptors (Lipinski definition) is 5. The van der Waals surface area contributed by atoms with Crippen LogP contribution in [-0.4, -0.2) is 10.3 Å². The minimum Gasteiger partial charge on any atom is -0.504 e. The normalized spacial score (nSPS) is 10.1. The minimum atomic E-state index is 0.0792. The zero-order valence-corrected chi connectivity index (χ0v) is 7.88. The molecule has 0 aliphatic rings. The first-order chi connectivity index (χ1) is 7.27. The van der Waals surface area contributed by atoms with Crippen LogP contribution in [0.1, 0.15) is 5.76 Å². The fraction of sp³-hybridized carbons (Fsp3) is 0.100. The molecule has 0 spiro atoms. The Labute approximate surface area is 86.1 Å². The van der Waals surface area contributed by atoms with Crippen LogP contribution in [0.5, 0.6) is 11.5 Å². The fourth-order valence-electron chi connectivity index (χ4n) is 1.10. The molecule has 0 saturated carbocycles. The topological polar surface area (TPSA) is 81.5 Å². The molecule has 15 heavy (non-hydrogen) atoms. The molecule has 78 valence electrons. The van der Waals surface area contributed by atoms with Crippen LogP contribution in [0.25, 0.3) is 0 Å². The van der Waals surface area contributed by atoms with Crippen LogP contribution in [0, 0.1) is 0 Å². The average Bonchev–Trinajstić information content (AvgIpc) is 2.63. The van der Waals surface area contributed by atoms with Crippen molar-refractivity contribution in [2.24, 2.45) is 0 Å². The molecule has 5 nitrogen and oxygen atoms in total. The van der Waals surface area contributed by atoms with Gasteiger partial charge in [0.05, 0.1) is 11.9 Å². The van der Waals surface area contributed by atoms with Gasteiger partial charge in [-0.1, -0.05) is 17.3 Å². The molecule has 0 fully saturated rings. The highest BCUT2D eigenvalue weighted by Crippen LogP contribution is 2.25. The molecule has 0 bridgehead atoms. The van der Waals surface area contributed by atoms with Crippen molar-refractivity contribution < 1.29 is 14.4 Å². The van der Waals surface area contributed by atoms with Gasteiger partial charge in [-0.05, 0) is 12.1 Å². The van der Waals surface area contributed by atoms with Crippen LogP contribution >= 0.6 is 0 Å².